The molecule has 28 nitrogen and oxygen atoms in total. The van der Waals surface area contributed by atoms with Crippen LogP contribution in [0.1, 0.15) is 109 Å². The van der Waals surface area contributed by atoms with Crippen LogP contribution in [0, 0.1) is 72.9 Å². The van der Waals surface area contributed by atoms with Gasteiger partial charge in [0.15, 0.2) is 0 Å². The van der Waals surface area contributed by atoms with E-state index in [-0.39, 0.29) is 15.8 Å². The fourth-order valence-electron chi connectivity index (χ4n) is 12.9. The second-order valence-electron chi connectivity index (χ2n) is 26.6. The van der Waals surface area contributed by atoms with Gasteiger partial charge in [0.1, 0.15) is 58.0 Å². The van der Waals surface area contributed by atoms with Gasteiger partial charge < -0.3 is 18.1 Å². The van der Waals surface area contributed by atoms with E-state index >= 15 is 0 Å². The zero-order valence-corrected chi connectivity index (χ0v) is 72.0. The van der Waals surface area contributed by atoms with Crippen molar-refractivity contribution in [2.24, 2.45) is 15.0 Å². The van der Waals surface area contributed by atoms with Crippen molar-refractivity contribution in [2.45, 2.75) is 112 Å². The van der Waals surface area contributed by atoms with Gasteiger partial charge in [-0.15, -0.1) is 0 Å². The Balaban J connectivity index is 0.000000115. The molecule has 0 saturated heterocycles. The van der Waals surface area contributed by atoms with Crippen LogP contribution < -0.4 is 0 Å². The number of rotatable bonds is 10. The number of fused-ring (bicyclic) bond motifs is 6. The smallest absolute Gasteiger partial charge is 0.283 e. The van der Waals surface area contributed by atoms with Crippen LogP contribution in [0.3, 0.4) is 0 Å². The van der Waals surface area contributed by atoms with Crippen molar-refractivity contribution in [3.8, 4) is 44.5 Å². The van der Waals surface area contributed by atoms with E-state index in [1.165, 1.54) is 23.5 Å². The fraction of sp³-hybridized carbons (Fsp3) is 0.188. The number of hydrogen-bond acceptors (Lipinski definition) is 25. The number of aromatic nitrogens is 17. The third kappa shape index (κ3) is 16.7. The third-order valence-electron chi connectivity index (χ3n) is 18.6. The van der Waals surface area contributed by atoms with E-state index < -0.39 is 20.0 Å². The monoisotopic (exact) mass is 1910 g/mol. The van der Waals surface area contributed by atoms with Gasteiger partial charge in [-0.05, 0) is 226 Å². The van der Waals surface area contributed by atoms with Gasteiger partial charge in [0.25, 0.3) is 20.0 Å². The molecule has 34 heteroatoms. The molecule has 0 unspecified atom stereocenters. The minimum absolute atomic E-state index is 0.00827. The molecule has 16 aromatic rings. The SMILES string of the molecule is Brc1cnc2c(c1)CN=C2.Cc1ccc(S(=O)(=O)n2ncc3ncc(-c4c(C)noc4C)cc32)cc1.Cc1ccc(S(=O)(=O)n2ncc3ncc(Br)cc32)cc1.Cc1noc(C)c1-c1cnc2c(I)nn([C@@H](C)c3ccccn3)c2c1.Cc1noc(C)c1-c1cnc2c(c1)CN=C2.Cc1noc(C)c1-c1cnc2c(c1)CN=C2I. The van der Waals surface area contributed by atoms with Crippen molar-refractivity contribution in [3.05, 3.63) is 268 Å². The summed E-state index contributed by atoms with van der Waals surface area (Å²) >= 11 is 11.1. The molecule has 14 aromatic heterocycles. The first kappa shape index (κ1) is 79.7. The van der Waals surface area contributed by atoms with Crippen molar-refractivity contribution in [2.75, 3.05) is 0 Å². The molecule has 17 heterocycles. The van der Waals surface area contributed by atoms with Crippen LogP contribution >= 0.6 is 77.0 Å². The molecular formula is C80H68Br2I2N20O8S2. The summed E-state index contributed by atoms with van der Waals surface area (Å²) < 4.78 is 79.6. The molecule has 2 aromatic carbocycles. The highest BCUT2D eigenvalue weighted by Crippen LogP contribution is 2.36. The number of pyridine rings is 7. The predicted octanol–water partition coefficient (Wildman–Crippen LogP) is 17.4. The highest BCUT2D eigenvalue weighted by atomic mass is 127. The lowest BCUT2D eigenvalue weighted by molar-refractivity contribution is 0.393. The maximum atomic E-state index is 13.0. The first-order chi connectivity index (χ1) is 54.7. The van der Waals surface area contributed by atoms with Gasteiger partial charge in [0, 0.05) is 126 Å². The van der Waals surface area contributed by atoms with Crippen LogP contribution in [0.15, 0.2) is 211 Å². The zero-order chi connectivity index (χ0) is 80.4. The first-order valence-electron chi connectivity index (χ1n) is 35.2. The average Bonchev–Trinajstić information content (AvgIpc) is 1.68. The molecule has 0 spiro atoms. The Morgan fingerprint density at radius 3 is 1.38 bits per heavy atom. The number of aliphatic imine (C=N–C) groups is 3. The molecule has 0 saturated carbocycles. The van der Waals surface area contributed by atoms with E-state index in [0.717, 1.165) is 175 Å². The van der Waals surface area contributed by atoms with E-state index in [9.17, 15) is 16.8 Å². The molecule has 0 radical (unpaired) electrons. The molecule has 3 aliphatic heterocycles. The highest BCUT2D eigenvalue weighted by molar-refractivity contribution is 14.1. The summed E-state index contributed by atoms with van der Waals surface area (Å²) in [7, 11) is -7.53. The normalized spacial score (nSPS) is 12.7. The molecule has 0 bridgehead atoms. The lowest BCUT2D eigenvalue weighted by atomic mass is 10.0. The Labute approximate surface area is 697 Å². The molecule has 0 amide bonds. The number of benzene rings is 2. The molecule has 0 fully saturated rings. The van der Waals surface area contributed by atoms with Crippen LogP contribution in [0.25, 0.3) is 77.6 Å². The van der Waals surface area contributed by atoms with Crippen LogP contribution in [0.2, 0.25) is 0 Å². The van der Waals surface area contributed by atoms with E-state index in [4.69, 9.17) is 23.2 Å². The minimum Gasteiger partial charge on any atom is -0.361 e. The highest BCUT2D eigenvalue weighted by Gasteiger charge is 2.26. The molecule has 576 valence electrons. The molecule has 3 aliphatic rings. The summed E-state index contributed by atoms with van der Waals surface area (Å²) in [6, 6.07) is 31.1. The Kier molecular flexibility index (Phi) is 23.5. The summed E-state index contributed by atoms with van der Waals surface area (Å²) in [6.45, 7) is 23.3. The molecular weight excluding hydrogens is 1850 g/mol. The van der Waals surface area contributed by atoms with E-state index in [0.29, 0.717) is 32.3 Å². The van der Waals surface area contributed by atoms with Crippen LogP contribution in [0.5, 0.6) is 0 Å². The van der Waals surface area contributed by atoms with Crippen molar-refractivity contribution < 1.29 is 34.9 Å². The third-order valence-corrected chi connectivity index (χ3v) is 24.3. The number of hydrogen-bond donors (Lipinski definition) is 0. The minimum atomic E-state index is -3.82. The van der Waals surface area contributed by atoms with Gasteiger partial charge in [0.2, 0.25) is 0 Å². The maximum Gasteiger partial charge on any atom is 0.283 e. The van der Waals surface area contributed by atoms with Crippen molar-refractivity contribution in [3.63, 3.8) is 0 Å². The Bertz CT molecular complexity index is 6600. The summed E-state index contributed by atoms with van der Waals surface area (Å²) in [5, 5.41) is 28.6. The number of aryl methyl sites for hydroxylation is 10. The topological polar surface area (TPSA) is 353 Å². The number of halogens is 4. The van der Waals surface area contributed by atoms with Crippen molar-refractivity contribution in [1.29, 1.82) is 0 Å². The second kappa shape index (κ2) is 33.6. The molecule has 0 aliphatic carbocycles. The van der Waals surface area contributed by atoms with E-state index in [2.05, 4.69) is 189 Å². The van der Waals surface area contributed by atoms with Gasteiger partial charge >= 0.3 is 0 Å². The van der Waals surface area contributed by atoms with Gasteiger partial charge in [-0.1, -0.05) is 62.1 Å². The maximum absolute atomic E-state index is 13.0. The lowest BCUT2D eigenvalue weighted by Crippen LogP contribution is -2.14. The van der Waals surface area contributed by atoms with Crippen LogP contribution in [-0.4, -0.2) is 117 Å². The molecule has 114 heavy (non-hydrogen) atoms. The fourth-order valence-corrected chi connectivity index (χ4v) is 17.4. The van der Waals surface area contributed by atoms with Gasteiger partial charge in [-0.2, -0.15) is 40.3 Å². The van der Waals surface area contributed by atoms with Crippen molar-refractivity contribution in [1.82, 2.24) is 83.7 Å². The molecule has 1 atom stereocenters. The Hall–Kier alpha value is -10.9. The van der Waals surface area contributed by atoms with Crippen molar-refractivity contribution >= 4 is 146 Å². The first-order valence-corrected chi connectivity index (χ1v) is 41.8. The summed E-state index contributed by atoms with van der Waals surface area (Å²) in [6.07, 6.45) is 18.9. The predicted molar refractivity (Wildman–Crippen MR) is 456 cm³/mol. The van der Waals surface area contributed by atoms with Gasteiger partial charge in [-0.25, -0.2) is 0 Å². The van der Waals surface area contributed by atoms with E-state index in [1.54, 1.807) is 92.4 Å². The lowest BCUT2D eigenvalue weighted by Gasteiger charge is -2.13. The molecule has 0 N–H and O–H groups in total. The van der Waals surface area contributed by atoms with Gasteiger partial charge in [0.05, 0.1) is 98.9 Å². The summed E-state index contributed by atoms with van der Waals surface area (Å²) in [4.78, 5) is 43.6. The Morgan fingerprint density at radius 2 is 0.877 bits per heavy atom. The average molecular weight is 1920 g/mol. The Morgan fingerprint density at radius 1 is 0.447 bits per heavy atom. The van der Waals surface area contributed by atoms with E-state index in [1.807, 2.05) is 116 Å². The summed E-state index contributed by atoms with van der Waals surface area (Å²) in [5.74, 6) is 3.10. The molecule has 19 rings (SSSR count). The largest absolute Gasteiger partial charge is 0.361 e. The van der Waals surface area contributed by atoms with Crippen LogP contribution in [0.4, 0.5) is 0 Å². The quantitative estimate of drug-likeness (QED) is 0.115. The van der Waals surface area contributed by atoms with Crippen LogP contribution in [-0.2, 0) is 39.7 Å². The number of nitrogens with zero attached hydrogens (tertiary/aromatic N) is 20. The zero-order valence-electron chi connectivity index (χ0n) is 62.9. The summed E-state index contributed by atoms with van der Waals surface area (Å²) in [5.41, 5.74) is 24.3. The van der Waals surface area contributed by atoms with Gasteiger partial charge in [-0.3, -0.25) is 54.5 Å². The second-order valence-corrected chi connectivity index (χ2v) is 34.0. The standard InChI is InChI=1S/C18H16IN5O.C18H16N4O3S.C13H10BrN3O2S.C12H10IN3O.C12H11N3O.C7H5BrN2/c1-10-16(12(3)25-23-10)13-8-15-17(21-9-13)18(19)22-24(15)11(2)14-6-4-5-7-20-14;1-11-4-6-15(7-5-11)26(23,24)22-17-8-14(9-19-16(17)10-20-22)18-12(2)21-25-13(18)3;1-9-2-4-11(5-3-9)20(18,19)17-13-6-10(14)7-15-12(13)8-16-17;1-6-10(7(2)17-16-6)8-3-9-5-15-12(13)11(9)14-4-8;1-7-12(8(2)16-15-7)10-3-9-4-13-6-11(9)14-5-10;8-6-1-5-2-9-4-7(5)10-3-6/h4-9,11H,1-3H3;4-10H,1-3H3;2-8H,1H3;3-4H,5H2,1-2H3;3,5-6H,4H2,1-2H3;1,3-4H,2H2/t11-;;;;;/m0...../s1.